The van der Waals surface area contributed by atoms with Gasteiger partial charge in [-0.3, -0.25) is 14.7 Å². The predicted molar refractivity (Wildman–Crippen MR) is 67.9 cm³/mol. The molecule has 1 unspecified atom stereocenters. The van der Waals surface area contributed by atoms with Crippen LogP contribution in [0.5, 0.6) is 0 Å². The first-order valence-corrected chi connectivity index (χ1v) is 6.31. The molecule has 1 saturated heterocycles. The molecule has 1 atom stereocenters. The summed E-state index contributed by atoms with van der Waals surface area (Å²) in [5.74, 6) is -0.145. The van der Waals surface area contributed by atoms with E-state index in [1.807, 2.05) is 25.3 Å². The number of hydrogen-bond donors (Lipinski definition) is 1. The second-order valence-corrected chi connectivity index (χ2v) is 4.30. The molecular formula is C13H19N3O2. The number of esters is 1. The lowest BCUT2D eigenvalue weighted by Gasteiger charge is -2.34. The standard InChI is InChI=1S/C13H19N3O2/c1-2-18-13(17)12-9-15-6-7-16(12)10-11-4-3-5-14-8-11/h3-5,8,12,15H,2,6-7,9-10H2,1H3. The summed E-state index contributed by atoms with van der Waals surface area (Å²) in [6, 6.07) is 3.74. The Kier molecular flexibility index (Phi) is 4.66. The van der Waals surface area contributed by atoms with E-state index in [0.29, 0.717) is 13.2 Å². The van der Waals surface area contributed by atoms with E-state index in [2.05, 4.69) is 15.2 Å². The van der Waals surface area contributed by atoms with Gasteiger partial charge in [0.1, 0.15) is 6.04 Å². The average molecular weight is 249 g/mol. The maximum absolute atomic E-state index is 11.9. The van der Waals surface area contributed by atoms with Crippen LogP contribution in [0.2, 0.25) is 0 Å². The molecule has 0 aliphatic carbocycles. The van der Waals surface area contributed by atoms with E-state index in [4.69, 9.17) is 4.74 Å². The topological polar surface area (TPSA) is 54.5 Å². The van der Waals surface area contributed by atoms with Gasteiger partial charge in [-0.05, 0) is 18.6 Å². The number of carbonyl (C=O) groups is 1. The van der Waals surface area contributed by atoms with E-state index >= 15 is 0 Å². The fourth-order valence-corrected chi connectivity index (χ4v) is 2.13. The number of aromatic nitrogens is 1. The van der Waals surface area contributed by atoms with Crippen LogP contribution in [0.25, 0.3) is 0 Å². The summed E-state index contributed by atoms with van der Waals surface area (Å²) in [5, 5.41) is 3.23. The van der Waals surface area contributed by atoms with E-state index in [9.17, 15) is 4.79 Å². The van der Waals surface area contributed by atoms with Crippen LogP contribution in [0.15, 0.2) is 24.5 Å². The van der Waals surface area contributed by atoms with E-state index in [-0.39, 0.29) is 12.0 Å². The van der Waals surface area contributed by atoms with Crippen LogP contribution >= 0.6 is 0 Å². The van der Waals surface area contributed by atoms with Gasteiger partial charge in [-0.25, -0.2) is 0 Å². The summed E-state index contributed by atoms with van der Waals surface area (Å²) in [7, 11) is 0. The average Bonchev–Trinajstić information content (AvgIpc) is 2.41. The molecule has 0 bridgehead atoms. The molecule has 98 valence electrons. The second-order valence-electron chi connectivity index (χ2n) is 4.30. The summed E-state index contributed by atoms with van der Waals surface area (Å²) in [6.45, 7) is 5.39. The van der Waals surface area contributed by atoms with Gasteiger partial charge in [0, 0.05) is 38.6 Å². The van der Waals surface area contributed by atoms with Crippen molar-refractivity contribution in [2.75, 3.05) is 26.2 Å². The number of piperazine rings is 1. The van der Waals surface area contributed by atoms with Crippen molar-refractivity contribution >= 4 is 5.97 Å². The number of carbonyl (C=O) groups excluding carboxylic acids is 1. The highest BCUT2D eigenvalue weighted by Crippen LogP contribution is 2.10. The van der Waals surface area contributed by atoms with Crippen molar-refractivity contribution in [3.63, 3.8) is 0 Å². The van der Waals surface area contributed by atoms with Gasteiger partial charge >= 0.3 is 5.97 Å². The number of pyridine rings is 1. The number of nitrogens with one attached hydrogen (secondary N) is 1. The minimum atomic E-state index is -0.195. The molecule has 1 aliphatic rings. The lowest BCUT2D eigenvalue weighted by molar-refractivity contribution is -0.150. The third-order valence-electron chi connectivity index (χ3n) is 3.02. The molecule has 5 heteroatoms. The van der Waals surface area contributed by atoms with E-state index < -0.39 is 0 Å². The van der Waals surface area contributed by atoms with Gasteiger partial charge < -0.3 is 10.1 Å². The Labute approximate surface area is 107 Å². The molecule has 5 nitrogen and oxygen atoms in total. The van der Waals surface area contributed by atoms with Gasteiger partial charge in [0.05, 0.1) is 6.61 Å². The van der Waals surface area contributed by atoms with Gasteiger partial charge in [-0.15, -0.1) is 0 Å². The van der Waals surface area contributed by atoms with E-state index in [1.54, 1.807) is 6.20 Å². The Bertz CT molecular complexity index is 383. The molecule has 1 fully saturated rings. The molecule has 0 amide bonds. The summed E-state index contributed by atoms with van der Waals surface area (Å²) in [5.41, 5.74) is 1.12. The van der Waals surface area contributed by atoms with E-state index in [1.165, 1.54) is 0 Å². The molecule has 1 N–H and O–H groups in total. The smallest absolute Gasteiger partial charge is 0.324 e. The third-order valence-corrected chi connectivity index (χ3v) is 3.02. The first-order valence-electron chi connectivity index (χ1n) is 6.31. The summed E-state index contributed by atoms with van der Waals surface area (Å²) in [6.07, 6.45) is 3.59. The zero-order valence-electron chi connectivity index (χ0n) is 10.6. The Morgan fingerprint density at radius 1 is 1.67 bits per heavy atom. The Balaban J connectivity index is 2.01. The highest BCUT2D eigenvalue weighted by atomic mass is 16.5. The van der Waals surface area contributed by atoms with Crippen LogP contribution in [-0.4, -0.2) is 48.1 Å². The lowest BCUT2D eigenvalue weighted by atomic mass is 10.1. The monoisotopic (exact) mass is 249 g/mol. The number of hydrogen-bond acceptors (Lipinski definition) is 5. The van der Waals surface area contributed by atoms with Crippen LogP contribution in [0.1, 0.15) is 12.5 Å². The number of rotatable bonds is 4. The Morgan fingerprint density at radius 2 is 2.56 bits per heavy atom. The minimum absolute atomic E-state index is 0.145. The molecule has 1 aromatic heterocycles. The largest absolute Gasteiger partial charge is 0.465 e. The maximum Gasteiger partial charge on any atom is 0.324 e. The van der Waals surface area contributed by atoms with Crippen molar-refractivity contribution in [1.29, 1.82) is 0 Å². The van der Waals surface area contributed by atoms with Gasteiger partial charge in [0.25, 0.3) is 0 Å². The molecule has 18 heavy (non-hydrogen) atoms. The highest BCUT2D eigenvalue weighted by molar-refractivity contribution is 5.76. The molecule has 0 aromatic carbocycles. The van der Waals surface area contributed by atoms with Gasteiger partial charge in [0.2, 0.25) is 0 Å². The number of ether oxygens (including phenoxy) is 1. The van der Waals surface area contributed by atoms with Gasteiger partial charge in [-0.2, -0.15) is 0 Å². The van der Waals surface area contributed by atoms with Crippen molar-refractivity contribution in [2.45, 2.75) is 19.5 Å². The lowest BCUT2D eigenvalue weighted by Crippen LogP contribution is -2.54. The van der Waals surface area contributed by atoms with Crippen LogP contribution in [0.3, 0.4) is 0 Å². The molecule has 0 spiro atoms. The SMILES string of the molecule is CCOC(=O)C1CNCCN1Cc1cccnc1. The van der Waals surface area contributed by atoms with Gasteiger partial charge in [0.15, 0.2) is 0 Å². The highest BCUT2D eigenvalue weighted by Gasteiger charge is 2.29. The summed E-state index contributed by atoms with van der Waals surface area (Å²) in [4.78, 5) is 18.1. The zero-order valence-corrected chi connectivity index (χ0v) is 10.6. The fraction of sp³-hybridized carbons (Fsp3) is 0.538. The molecular weight excluding hydrogens is 230 g/mol. The first kappa shape index (κ1) is 13.0. The molecule has 0 saturated carbocycles. The molecule has 2 heterocycles. The van der Waals surface area contributed by atoms with Crippen molar-refractivity contribution in [3.05, 3.63) is 30.1 Å². The Morgan fingerprint density at radius 3 is 3.28 bits per heavy atom. The maximum atomic E-state index is 11.9. The third kappa shape index (κ3) is 3.27. The van der Waals surface area contributed by atoms with Crippen molar-refractivity contribution in [3.8, 4) is 0 Å². The first-order chi connectivity index (χ1) is 8.81. The van der Waals surface area contributed by atoms with E-state index in [0.717, 1.165) is 25.2 Å². The second kappa shape index (κ2) is 6.47. The van der Waals surface area contributed by atoms with Crippen LogP contribution < -0.4 is 5.32 Å². The fourth-order valence-electron chi connectivity index (χ4n) is 2.13. The van der Waals surface area contributed by atoms with Crippen molar-refractivity contribution in [1.82, 2.24) is 15.2 Å². The zero-order chi connectivity index (χ0) is 12.8. The van der Waals surface area contributed by atoms with Gasteiger partial charge in [-0.1, -0.05) is 6.07 Å². The quantitative estimate of drug-likeness (QED) is 0.784. The normalized spacial score (nSPS) is 20.6. The van der Waals surface area contributed by atoms with Crippen molar-refractivity contribution in [2.24, 2.45) is 0 Å². The van der Waals surface area contributed by atoms with Crippen LogP contribution in [-0.2, 0) is 16.1 Å². The molecule has 2 rings (SSSR count). The van der Waals surface area contributed by atoms with Crippen LogP contribution in [0.4, 0.5) is 0 Å². The Hall–Kier alpha value is -1.46. The molecule has 1 aromatic rings. The number of nitrogens with zero attached hydrogens (tertiary/aromatic N) is 2. The minimum Gasteiger partial charge on any atom is -0.465 e. The predicted octanol–water partition coefficient (Wildman–Crippen LogP) is 0.419. The summed E-state index contributed by atoms with van der Waals surface area (Å²) >= 11 is 0. The molecule has 1 aliphatic heterocycles. The van der Waals surface area contributed by atoms with Crippen LogP contribution in [0, 0.1) is 0 Å². The summed E-state index contributed by atoms with van der Waals surface area (Å²) < 4.78 is 5.11. The van der Waals surface area contributed by atoms with Crippen molar-refractivity contribution < 1.29 is 9.53 Å². The molecule has 0 radical (unpaired) electrons.